The van der Waals surface area contributed by atoms with Crippen molar-refractivity contribution in [2.24, 2.45) is 0 Å². The molecule has 0 aromatic heterocycles. The Morgan fingerprint density at radius 1 is 1.09 bits per heavy atom. The van der Waals surface area contributed by atoms with E-state index in [-0.39, 0.29) is 24.2 Å². The van der Waals surface area contributed by atoms with Crippen molar-refractivity contribution in [3.8, 4) is 5.75 Å². The number of benzene rings is 2. The molecule has 2 amide bonds. The van der Waals surface area contributed by atoms with E-state index in [4.69, 9.17) is 16.3 Å². The van der Waals surface area contributed by atoms with Crippen molar-refractivity contribution in [2.75, 3.05) is 24.2 Å². The van der Waals surface area contributed by atoms with Crippen molar-refractivity contribution in [2.45, 2.75) is 39.4 Å². The van der Waals surface area contributed by atoms with Gasteiger partial charge in [-0.3, -0.25) is 13.9 Å². The van der Waals surface area contributed by atoms with Gasteiger partial charge in [-0.05, 0) is 56.7 Å². The lowest BCUT2D eigenvalue weighted by molar-refractivity contribution is -0.139. The number of carbonyl (C=O) groups excluding carboxylic acids is 2. The zero-order chi connectivity index (χ0) is 24.8. The third kappa shape index (κ3) is 7.64. The van der Waals surface area contributed by atoms with E-state index >= 15 is 0 Å². The monoisotopic (exact) mass is 495 g/mol. The molecule has 0 unspecified atom stereocenters. The van der Waals surface area contributed by atoms with Gasteiger partial charge in [0.05, 0.1) is 19.1 Å². The number of hydrogen-bond donors (Lipinski definition) is 1. The fourth-order valence-electron chi connectivity index (χ4n) is 3.16. The van der Waals surface area contributed by atoms with E-state index < -0.39 is 28.5 Å². The molecule has 10 heteroatoms. The van der Waals surface area contributed by atoms with Gasteiger partial charge in [-0.1, -0.05) is 29.8 Å². The Balaban J connectivity index is 2.38. The predicted octanol–water partition coefficient (Wildman–Crippen LogP) is 3.06. The number of nitrogens with zero attached hydrogens (tertiary/aromatic N) is 2. The average Bonchev–Trinajstić information content (AvgIpc) is 2.74. The second kappa shape index (κ2) is 11.4. The van der Waals surface area contributed by atoms with E-state index in [1.165, 1.54) is 11.0 Å². The van der Waals surface area contributed by atoms with Crippen LogP contribution in [0.1, 0.15) is 26.3 Å². The molecule has 2 aromatic carbocycles. The smallest absolute Gasteiger partial charge is 0.244 e. The summed E-state index contributed by atoms with van der Waals surface area (Å²) in [5, 5.41) is 3.14. The topological polar surface area (TPSA) is 96.0 Å². The van der Waals surface area contributed by atoms with Crippen molar-refractivity contribution in [1.29, 1.82) is 0 Å². The van der Waals surface area contributed by atoms with Crippen molar-refractivity contribution < 1.29 is 22.7 Å². The lowest BCUT2D eigenvalue weighted by Gasteiger charge is -2.32. The van der Waals surface area contributed by atoms with Crippen LogP contribution in [0.15, 0.2) is 48.5 Å². The molecule has 0 bridgehead atoms. The first-order chi connectivity index (χ1) is 15.4. The van der Waals surface area contributed by atoms with Crippen molar-refractivity contribution in [3.63, 3.8) is 0 Å². The molecule has 0 aliphatic carbocycles. The molecule has 0 radical (unpaired) electrons. The number of nitrogens with one attached hydrogen (secondary N) is 1. The highest BCUT2D eigenvalue weighted by atomic mass is 35.5. The molecule has 0 aliphatic heterocycles. The second-order valence-electron chi connectivity index (χ2n) is 7.96. The molecule has 33 heavy (non-hydrogen) atoms. The molecule has 0 spiro atoms. The van der Waals surface area contributed by atoms with Gasteiger partial charge in [0.1, 0.15) is 18.3 Å². The van der Waals surface area contributed by atoms with E-state index in [1.54, 1.807) is 56.5 Å². The molecule has 0 saturated heterocycles. The quantitative estimate of drug-likeness (QED) is 0.546. The first-order valence-electron chi connectivity index (χ1n) is 10.4. The molecule has 1 atom stereocenters. The summed E-state index contributed by atoms with van der Waals surface area (Å²) >= 11 is 6.03. The van der Waals surface area contributed by atoms with Gasteiger partial charge >= 0.3 is 0 Å². The van der Waals surface area contributed by atoms with Gasteiger partial charge in [-0.25, -0.2) is 8.42 Å². The zero-order valence-electron chi connectivity index (χ0n) is 19.4. The fraction of sp³-hybridized carbons (Fsp3) is 0.391. The molecule has 2 rings (SSSR count). The highest BCUT2D eigenvalue weighted by Crippen LogP contribution is 2.23. The van der Waals surface area contributed by atoms with Gasteiger partial charge in [-0.15, -0.1) is 0 Å². The number of hydrogen-bond acceptors (Lipinski definition) is 5. The molecule has 0 aliphatic rings. The Morgan fingerprint density at radius 3 is 2.24 bits per heavy atom. The summed E-state index contributed by atoms with van der Waals surface area (Å²) < 4.78 is 31.1. The normalized spacial score (nSPS) is 12.2. The molecule has 1 N–H and O–H groups in total. The summed E-state index contributed by atoms with van der Waals surface area (Å²) in [6.07, 6.45) is 1.02. The average molecular weight is 496 g/mol. The maximum absolute atomic E-state index is 13.4. The van der Waals surface area contributed by atoms with Crippen LogP contribution in [0.5, 0.6) is 5.75 Å². The lowest BCUT2D eigenvalue weighted by atomic mass is 10.1. The van der Waals surface area contributed by atoms with Crippen LogP contribution in [0.2, 0.25) is 5.02 Å². The molecule has 180 valence electrons. The zero-order valence-corrected chi connectivity index (χ0v) is 21.0. The Kier molecular flexibility index (Phi) is 9.13. The minimum absolute atomic E-state index is 0.114. The summed E-state index contributed by atoms with van der Waals surface area (Å²) in [5.74, 6) is -0.199. The number of anilines is 1. The van der Waals surface area contributed by atoms with E-state index in [9.17, 15) is 18.0 Å². The molecular formula is C23H30ClN3O5S. The maximum Gasteiger partial charge on any atom is 0.244 e. The number of amides is 2. The Bertz CT molecular complexity index is 1070. The van der Waals surface area contributed by atoms with Gasteiger partial charge < -0.3 is 15.0 Å². The SMILES string of the molecule is COc1ccc(CN(C(=O)CN(c2cccc(Cl)c2)S(C)(=O)=O)[C@@H](C)C(=O)NC(C)C)cc1. The van der Waals surface area contributed by atoms with Crippen LogP contribution in [0, 0.1) is 0 Å². The first-order valence-corrected chi connectivity index (χ1v) is 12.6. The number of ether oxygens (including phenoxy) is 1. The van der Waals surface area contributed by atoms with Crippen molar-refractivity contribution in [1.82, 2.24) is 10.2 Å². The van der Waals surface area contributed by atoms with Crippen LogP contribution in [0.3, 0.4) is 0 Å². The Labute approximate surface area is 200 Å². The summed E-state index contributed by atoms with van der Waals surface area (Å²) in [6.45, 7) is 4.90. The molecule has 2 aromatic rings. The van der Waals surface area contributed by atoms with Gasteiger partial charge in [-0.2, -0.15) is 0 Å². The van der Waals surface area contributed by atoms with Crippen LogP contribution in [0.25, 0.3) is 0 Å². The maximum atomic E-state index is 13.4. The first kappa shape index (κ1) is 26.5. The minimum Gasteiger partial charge on any atom is -0.497 e. The fourth-order valence-corrected chi connectivity index (χ4v) is 4.19. The van der Waals surface area contributed by atoms with Crippen molar-refractivity contribution >= 4 is 39.1 Å². The Morgan fingerprint density at radius 2 is 1.73 bits per heavy atom. The summed E-state index contributed by atoms with van der Waals surface area (Å²) in [5.41, 5.74) is 1.03. The van der Waals surface area contributed by atoms with Crippen LogP contribution in [-0.4, -0.2) is 57.1 Å². The minimum atomic E-state index is -3.80. The third-order valence-electron chi connectivity index (χ3n) is 4.89. The predicted molar refractivity (Wildman–Crippen MR) is 130 cm³/mol. The number of sulfonamides is 1. The summed E-state index contributed by atoms with van der Waals surface area (Å²) in [4.78, 5) is 27.5. The van der Waals surface area contributed by atoms with E-state index in [0.29, 0.717) is 10.8 Å². The van der Waals surface area contributed by atoms with Crippen LogP contribution in [0.4, 0.5) is 5.69 Å². The standard InChI is InChI=1S/C23H30ClN3O5S/c1-16(2)25-23(29)17(3)26(14-18-9-11-21(32-4)12-10-18)22(28)15-27(33(5,30)31)20-8-6-7-19(24)13-20/h6-13,16-17H,14-15H2,1-5H3,(H,25,29)/t17-/m0/s1. The summed E-state index contributed by atoms with van der Waals surface area (Å²) in [7, 11) is -2.25. The molecule has 0 saturated carbocycles. The van der Waals surface area contributed by atoms with Gasteiger partial charge in [0.2, 0.25) is 21.8 Å². The number of carbonyl (C=O) groups is 2. The van der Waals surface area contributed by atoms with Gasteiger partial charge in [0, 0.05) is 17.6 Å². The van der Waals surface area contributed by atoms with Crippen molar-refractivity contribution in [3.05, 3.63) is 59.1 Å². The van der Waals surface area contributed by atoms with E-state index in [2.05, 4.69) is 5.32 Å². The highest BCUT2D eigenvalue weighted by Gasteiger charge is 2.30. The van der Waals surface area contributed by atoms with Crippen LogP contribution >= 0.6 is 11.6 Å². The highest BCUT2D eigenvalue weighted by molar-refractivity contribution is 7.92. The largest absolute Gasteiger partial charge is 0.497 e. The summed E-state index contributed by atoms with van der Waals surface area (Å²) in [6, 6.07) is 12.4. The lowest BCUT2D eigenvalue weighted by Crippen LogP contribution is -2.52. The van der Waals surface area contributed by atoms with Gasteiger partial charge in [0.25, 0.3) is 0 Å². The molecular weight excluding hydrogens is 466 g/mol. The molecule has 8 nitrogen and oxygen atoms in total. The second-order valence-corrected chi connectivity index (χ2v) is 10.3. The number of rotatable bonds is 10. The number of methoxy groups -OCH3 is 1. The third-order valence-corrected chi connectivity index (χ3v) is 6.26. The number of halogens is 1. The molecule has 0 fully saturated rings. The van der Waals surface area contributed by atoms with Crippen LogP contribution in [-0.2, 0) is 26.2 Å². The van der Waals surface area contributed by atoms with E-state index in [1.807, 2.05) is 13.8 Å². The molecule has 0 heterocycles. The van der Waals surface area contributed by atoms with Gasteiger partial charge in [0.15, 0.2) is 0 Å². The van der Waals surface area contributed by atoms with E-state index in [0.717, 1.165) is 16.1 Å². The Hall–Kier alpha value is -2.78. The van der Waals surface area contributed by atoms with Crippen LogP contribution < -0.4 is 14.4 Å².